The lowest BCUT2D eigenvalue weighted by Crippen LogP contribution is -2.24. The summed E-state index contributed by atoms with van der Waals surface area (Å²) in [6.07, 6.45) is 0. The van der Waals surface area contributed by atoms with Crippen LogP contribution >= 0.6 is 11.8 Å². The van der Waals surface area contributed by atoms with E-state index in [1.54, 1.807) is 18.8 Å². The minimum atomic E-state index is -0.0666. The normalized spacial score (nSPS) is 21.2. The second-order valence-corrected chi connectivity index (χ2v) is 4.72. The number of carbonyl (C=O) groups is 1. The Balaban J connectivity index is 1.94. The van der Waals surface area contributed by atoms with Gasteiger partial charge >= 0.3 is 0 Å². The Kier molecular flexibility index (Phi) is 4.03. The van der Waals surface area contributed by atoms with Gasteiger partial charge in [0.25, 0.3) is 0 Å². The molecule has 1 aliphatic heterocycles. The van der Waals surface area contributed by atoms with Crippen LogP contribution in [0, 0.1) is 0 Å². The van der Waals surface area contributed by atoms with E-state index in [0.717, 1.165) is 10.9 Å². The van der Waals surface area contributed by atoms with Crippen LogP contribution in [0.1, 0.15) is 11.6 Å². The summed E-state index contributed by atoms with van der Waals surface area (Å²) in [4.78, 5) is 15.3. The van der Waals surface area contributed by atoms with E-state index in [2.05, 4.69) is 27.8 Å². The van der Waals surface area contributed by atoms with Gasteiger partial charge in [0.1, 0.15) is 6.54 Å². The molecule has 90 valence electrons. The number of thioether (sulfide) groups is 1. The van der Waals surface area contributed by atoms with E-state index in [1.807, 2.05) is 18.2 Å². The molecule has 1 aromatic rings. The van der Waals surface area contributed by atoms with Gasteiger partial charge in [-0.25, -0.2) is 0 Å². The third kappa shape index (κ3) is 3.23. The van der Waals surface area contributed by atoms with Gasteiger partial charge in [-0.15, -0.1) is 0 Å². The van der Waals surface area contributed by atoms with Gasteiger partial charge in [0.05, 0.1) is 6.04 Å². The maximum Gasteiger partial charge on any atom is 0.241 e. The number of nitrogens with one attached hydrogen (secondary N) is 2. The number of benzene rings is 1. The Morgan fingerprint density at radius 3 is 3.00 bits per heavy atom. The van der Waals surface area contributed by atoms with Crippen LogP contribution < -0.4 is 10.6 Å². The summed E-state index contributed by atoms with van der Waals surface area (Å²) in [7, 11) is 1.62. The first kappa shape index (κ1) is 12.0. The topological polar surface area (TPSA) is 53.5 Å². The smallest absolute Gasteiger partial charge is 0.241 e. The molecule has 1 saturated heterocycles. The van der Waals surface area contributed by atoms with Crippen molar-refractivity contribution >= 4 is 22.8 Å². The van der Waals surface area contributed by atoms with E-state index < -0.39 is 0 Å². The van der Waals surface area contributed by atoms with Crippen LogP contribution in [0.4, 0.5) is 0 Å². The second-order valence-electron chi connectivity index (χ2n) is 3.71. The van der Waals surface area contributed by atoms with Gasteiger partial charge in [0.2, 0.25) is 5.91 Å². The first-order valence-corrected chi connectivity index (χ1v) is 6.47. The zero-order chi connectivity index (χ0) is 12.1. The molecule has 0 spiro atoms. The molecule has 1 atom stereocenters. The van der Waals surface area contributed by atoms with Crippen molar-refractivity contribution in [1.29, 1.82) is 0 Å². The summed E-state index contributed by atoms with van der Waals surface area (Å²) in [5.74, 6) is 0.888. The lowest BCUT2D eigenvalue weighted by atomic mass is 10.1. The van der Waals surface area contributed by atoms with E-state index in [0.29, 0.717) is 6.04 Å². The van der Waals surface area contributed by atoms with Crippen LogP contribution in [0.5, 0.6) is 0 Å². The third-order valence-electron chi connectivity index (χ3n) is 2.53. The number of aliphatic imine (C=N–C) groups is 1. The van der Waals surface area contributed by atoms with E-state index in [4.69, 9.17) is 0 Å². The van der Waals surface area contributed by atoms with Crippen LogP contribution in [-0.4, -0.2) is 30.4 Å². The van der Waals surface area contributed by atoms with E-state index >= 15 is 0 Å². The number of amidine groups is 1. The van der Waals surface area contributed by atoms with Gasteiger partial charge in [-0.05, 0) is 5.56 Å². The van der Waals surface area contributed by atoms with Crippen LogP contribution in [0.2, 0.25) is 0 Å². The molecule has 0 saturated carbocycles. The monoisotopic (exact) mass is 249 g/mol. The maximum absolute atomic E-state index is 11.1. The predicted molar refractivity (Wildman–Crippen MR) is 71.1 cm³/mol. The molecule has 1 fully saturated rings. The number of rotatable bonds is 3. The number of amides is 1. The fourth-order valence-electron chi connectivity index (χ4n) is 1.57. The molecule has 0 radical (unpaired) electrons. The first-order chi connectivity index (χ1) is 8.29. The number of hydrogen-bond donors (Lipinski definition) is 2. The van der Waals surface area contributed by atoms with Crippen molar-refractivity contribution in [3.05, 3.63) is 35.9 Å². The highest BCUT2D eigenvalue weighted by molar-refractivity contribution is 8.14. The SMILES string of the molecule is CNC(=O)CN=C1NC(c2ccccc2)CS1. The average molecular weight is 249 g/mol. The third-order valence-corrected chi connectivity index (χ3v) is 3.55. The quantitative estimate of drug-likeness (QED) is 0.845. The Bertz CT molecular complexity index is 419. The molecule has 5 heteroatoms. The van der Waals surface area contributed by atoms with E-state index in [9.17, 15) is 4.79 Å². The highest BCUT2D eigenvalue weighted by atomic mass is 32.2. The minimum absolute atomic E-state index is 0.0666. The summed E-state index contributed by atoms with van der Waals surface area (Å²) in [6.45, 7) is 0.188. The fraction of sp³-hybridized carbons (Fsp3) is 0.333. The predicted octanol–water partition coefficient (Wildman–Crippen LogP) is 1.17. The molecule has 4 nitrogen and oxygen atoms in total. The van der Waals surface area contributed by atoms with E-state index in [-0.39, 0.29) is 12.5 Å². The van der Waals surface area contributed by atoms with Gasteiger partial charge in [-0.1, -0.05) is 42.1 Å². The standard InChI is InChI=1S/C12H15N3OS/c1-13-11(16)7-14-12-15-10(8-17-12)9-5-3-2-4-6-9/h2-6,10H,7-8H2,1H3,(H,13,16)(H,14,15). The zero-order valence-corrected chi connectivity index (χ0v) is 10.5. The Hall–Kier alpha value is -1.49. The Labute approximate surface area is 105 Å². The molecule has 1 heterocycles. The van der Waals surface area contributed by atoms with Crippen molar-refractivity contribution in [2.24, 2.45) is 4.99 Å². The number of likely N-dealkylation sites (N-methyl/N-ethyl adjacent to an activating group) is 1. The lowest BCUT2D eigenvalue weighted by Gasteiger charge is -2.09. The highest BCUT2D eigenvalue weighted by Crippen LogP contribution is 2.25. The number of carbonyl (C=O) groups excluding carboxylic acids is 1. The molecule has 17 heavy (non-hydrogen) atoms. The van der Waals surface area contributed by atoms with E-state index in [1.165, 1.54) is 5.56 Å². The van der Waals surface area contributed by atoms with Crippen molar-refractivity contribution in [2.75, 3.05) is 19.3 Å². The molecule has 1 unspecified atom stereocenters. The average Bonchev–Trinajstić information content (AvgIpc) is 2.86. The van der Waals surface area contributed by atoms with Crippen LogP contribution in [0.15, 0.2) is 35.3 Å². The fourth-order valence-corrected chi connectivity index (χ4v) is 2.56. The Morgan fingerprint density at radius 1 is 1.53 bits per heavy atom. The van der Waals surface area contributed by atoms with Crippen LogP contribution in [0.3, 0.4) is 0 Å². The van der Waals surface area contributed by atoms with Crippen molar-refractivity contribution in [1.82, 2.24) is 10.6 Å². The van der Waals surface area contributed by atoms with Gasteiger partial charge < -0.3 is 10.6 Å². The molecule has 1 amide bonds. The summed E-state index contributed by atoms with van der Waals surface area (Å²) in [6, 6.07) is 10.6. The molecule has 1 aliphatic rings. The second kappa shape index (κ2) is 5.72. The molecule has 1 aromatic carbocycles. The lowest BCUT2D eigenvalue weighted by molar-refractivity contribution is -0.119. The van der Waals surface area contributed by atoms with Gasteiger partial charge in [0.15, 0.2) is 5.17 Å². The van der Waals surface area contributed by atoms with Crippen molar-refractivity contribution in [3.63, 3.8) is 0 Å². The number of hydrogen-bond acceptors (Lipinski definition) is 3. The van der Waals surface area contributed by atoms with Crippen LogP contribution in [0.25, 0.3) is 0 Å². The van der Waals surface area contributed by atoms with Crippen LogP contribution in [-0.2, 0) is 4.79 Å². The van der Waals surface area contributed by atoms with Crippen molar-refractivity contribution in [2.45, 2.75) is 6.04 Å². The Morgan fingerprint density at radius 2 is 2.29 bits per heavy atom. The molecule has 2 N–H and O–H groups in total. The van der Waals surface area contributed by atoms with Crippen molar-refractivity contribution in [3.8, 4) is 0 Å². The largest absolute Gasteiger partial charge is 0.358 e. The molecular weight excluding hydrogens is 234 g/mol. The van der Waals surface area contributed by atoms with Gasteiger partial charge in [-0.2, -0.15) is 0 Å². The maximum atomic E-state index is 11.1. The molecule has 2 rings (SSSR count). The van der Waals surface area contributed by atoms with Gasteiger partial charge in [0, 0.05) is 12.8 Å². The molecule has 0 aliphatic carbocycles. The zero-order valence-electron chi connectivity index (χ0n) is 9.64. The number of nitrogens with zero attached hydrogens (tertiary/aromatic N) is 1. The molecule has 0 aromatic heterocycles. The van der Waals surface area contributed by atoms with Crippen molar-refractivity contribution < 1.29 is 4.79 Å². The minimum Gasteiger partial charge on any atom is -0.358 e. The summed E-state index contributed by atoms with van der Waals surface area (Å²) < 4.78 is 0. The summed E-state index contributed by atoms with van der Waals surface area (Å²) in [5, 5.41) is 6.72. The highest BCUT2D eigenvalue weighted by Gasteiger charge is 2.21. The summed E-state index contributed by atoms with van der Waals surface area (Å²) >= 11 is 1.66. The summed E-state index contributed by atoms with van der Waals surface area (Å²) in [5.41, 5.74) is 1.25. The molecular formula is C12H15N3OS. The first-order valence-electron chi connectivity index (χ1n) is 5.49. The molecule has 0 bridgehead atoms. The van der Waals surface area contributed by atoms with Gasteiger partial charge in [-0.3, -0.25) is 9.79 Å².